The fraction of sp³-hybridized carbons (Fsp3) is 0.478. The van der Waals surface area contributed by atoms with E-state index in [4.69, 9.17) is 21.1 Å². The number of aliphatic hydroxyl groups is 1. The van der Waals surface area contributed by atoms with Crippen LogP contribution in [-0.4, -0.2) is 48.5 Å². The quantitative estimate of drug-likeness (QED) is 0.641. The van der Waals surface area contributed by atoms with E-state index in [-0.39, 0.29) is 12.7 Å². The molecule has 0 saturated carbocycles. The van der Waals surface area contributed by atoms with Crippen molar-refractivity contribution in [3.63, 3.8) is 0 Å². The predicted molar refractivity (Wildman–Crippen MR) is 113 cm³/mol. The summed E-state index contributed by atoms with van der Waals surface area (Å²) in [5.74, 6) is 0.712. The Morgan fingerprint density at radius 2 is 1.86 bits per heavy atom. The fourth-order valence-electron chi connectivity index (χ4n) is 3.49. The summed E-state index contributed by atoms with van der Waals surface area (Å²) >= 11 is 5.90. The van der Waals surface area contributed by atoms with Crippen molar-refractivity contribution in [2.75, 3.05) is 26.3 Å². The van der Waals surface area contributed by atoms with Gasteiger partial charge in [0.15, 0.2) is 0 Å². The van der Waals surface area contributed by atoms with Crippen LogP contribution in [0, 0.1) is 0 Å². The molecule has 0 aromatic heterocycles. The summed E-state index contributed by atoms with van der Waals surface area (Å²) in [5, 5.41) is 11.2. The van der Waals surface area contributed by atoms with E-state index in [1.54, 1.807) is 12.1 Å². The van der Waals surface area contributed by atoms with Crippen LogP contribution < -0.4 is 4.74 Å². The molecule has 0 spiro atoms. The largest absolute Gasteiger partial charge is 0.491 e. The smallest absolute Gasteiger partial charge is 0.119 e. The maximum atomic E-state index is 10.5. The molecule has 0 radical (unpaired) electrons. The first-order valence-corrected chi connectivity index (χ1v) is 10.5. The van der Waals surface area contributed by atoms with Crippen molar-refractivity contribution in [1.82, 2.24) is 4.90 Å². The molecule has 1 aliphatic heterocycles. The first kappa shape index (κ1) is 21.1. The normalized spacial score (nSPS) is 17.8. The zero-order valence-corrected chi connectivity index (χ0v) is 17.3. The minimum atomic E-state index is -0.577. The molecule has 0 amide bonds. The van der Waals surface area contributed by atoms with E-state index >= 15 is 0 Å². The first-order valence-electron chi connectivity index (χ1n) is 10.1. The van der Waals surface area contributed by atoms with Crippen LogP contribution >= 0.6 is 11.6 Å². The van der Waals surface area contributed by atoms with Crippen LogP contribution in [0.5, 0.6) is 5.75 Å². The number of halogens is 1. The molecule has 1 heterocycles. The summed E-state index contributed by atoms with van der Waals surface area (Å²) in [6.07, 6.45) is 2.92. The standard InChI is InChI=1S/C23H30ClNO3/c1-2-18-5-7-19(8-6-18)14-25(16-23-4-3-13-27-23)15-21(26)17-28-22-11-9-20(24)10-12-22/h5-12,21,23,26H,2-4,13-17H2,1H3. The molecule has 1 N–H and O–H groups in total. The van der Waals surface area contributed by atoms with Gasteiger partial charge in [-0.2, -0.15) is 0 Å². The molecule has 0 bridgehead atoms. The Kier molecular flexibility index (Phi) is 8.16. The van der Waals surface area contributed by atoms with Crippen LogP contribution in [0.3, 0.4) is 0 Å². The highest BCUT2D eigenvalue weighted by molar-refractivity contribution is 6.30. The molecule has 152 valence electrons. The number of hydrogen-bond acceptors (Lipinski definition) is 4. The average Bonchev–Trinajstić information content (AvgIpc) is 3.21. The van der Waals surface area contributed by atoms with E-state index in [1.165, 1.54) is 11.1 Å². The number of aryl methyl sites for hydroxylation is 1. The number of rotatable bonds is 10. The van der Waals surface area contributed by atoms with Gasteiger partial charge in [0.2, 0.25) is 0 Å². The van der Waals surface area contributed by atoms with Crippen LogP contribution in [0.1, 0.15) is 30.9 Å². The van der Waals surface area contributed by atoms with Crippen molar-refractivity contribution in [2.24, 2.45) is 0 Å². The molecule has 28 heavy (non-hydrogen) atoms. The minimum absolute atomic E-state index is 0.248. The highest BCUT2D eigenvalue weighted by Crippen LogP contribution is 2.18. The van der Waals surface area contributed by atoms with Gasteiger partial charge in [-0.05, 0) is 54.7 Å². The zero-order valence-electron chi connectivity index (χ0n) is 16.5. The highest BCUT2D eigenvalue weighted by atomic mass is 35.5. The lowest BCUT2D eigenvalue weighted by Crippen LogP contribution is -2.39. The molecule has 2 aromatic carbocycles. The van der Waals surface area contributed by atoms with Crippen molar-refractivity contribution in [3.8, 4) is 5.75 Å². The Balaban J connectivity index is 1.55. The van der Waals surface area contributed by atoms with Gasteiger partial charge in [-0.3, -0.25) is 4.90 Å². The van der Waals surface area contributed by atoms with Gasteiger partial charge >= 0.3 is 0 Å². The molecular formula is C23H30ClNO3. The maximum absolute atomic E-state index is 10.5. The van der Waals surface area contributed by atoms with Crippen LogP contribution in [-0.2, 0) is 17.7 Å². The van der Waals surface area contributed by atoms with Gasteiger partial charge in [0.05, 0.1) is 6.10 Å². The van der Waals surface area contributed by atoms with Gasteiger partial charge in [-0.25, -0.2) is 0 Å². The van der Waals surface area contributed by atoms with Crippen molar-refractivity contribution >= 4 is 11.6 Å². The van der Waals surface area contributed by atoms with E-state index < -0.39 is 6.10 Å². The lowest BCUT2D eigenvalue weighted by atomic mass is 10.1. The van der Waals surface area contributed by atoms with Crippen molar-refractivity contribution in [3.05, 3.63) is 64.7 Å². The Labute approximate surface area is 173 Å². The Morgan fingerprint density at radius 3 is 2.50 bits per heavy atom. The van der Waals surface area contributed by atoms with E-state index in [0.29, 0.717) is 17.3 Å². The monoisotopic (exact) mass is 403 g/mol. The highest BCUT2D eigenvalue weighted by Gasteiger charge is 2.21. The third-order valence-corrected chi connectivity index (χ3v) is 5.30. The molecule has 2 aromatic rings. The summed E-state index contributed by atoms with van der Waals surface area (Å²) in [5.41, 5.74) is 2.59. The molecule has 1 fully saturated rings. The van der Waals surface area contributed by atoms with Gasteiger partial charge in [-0.15, -0.1) is 0 Å². The second-order valence-corrected chi connectivity index (χ2v) is 7.85. The van der Waals surface area contributed by atoms with Gasteiger partial charge in [0, 0.05) is 31.3 Å². The number of nitrogens with zero attached hydrogens (tertiary/aromatic N) is 1. The zero-order chi connectivity index (χ0) is 19.8. The van der Waals surface area contributed by atoms with Gasteiger partial charge in [-0.1, -0.05) is 42.8 Å². The lowest BCUT2D eigenvalue weighted by Gasteiger charge is -2.27. The summed E-state index contributed by atoms with van der Waals surface area (Å²) in [6.45, 7) is 5.42. The van der Waals surface area contributed by atoms with E-state index in [1.807, 2.05) is 12.1 Å². The molecule has 2 unspecified atom stereocenters. The number of hydrogen-bond donors (Lipinski definition) is 1. The van der Waals surface area contributed by atoms with Crippen molar-refractivity contribution in [1.29, 1.82) is 0 Å². The minimum Gasteiger partial charge on any atom is -0.491 e. The summed E-state index contributed by atoms with van der Waals surface area (Å²) < 4.78 is 11.5. The van der Waals surface area contributed by atoms with E-state index in [0.717, 1.165) is 39.0 Å². The van der Waals surface area contributed by atoms with Gasteiger partial charge in [0.1, 0.15) is 18.5 Å². The van der Waals surface area contributed by atoms with Crippen LogP contribution in [0.15, 0.2) is 48.5 Å². The second kappa shape index (κ2) is 10.8. The predicted octanol–water partition coefficient (Wildman–Crippen LogP) is 4.32. The van der Waals surface area contributed by atoms with Crippen molar-refractivity contribution < 1.29 is 14.6 Å². The number of benzene rings is 2. The van der Waals surface area contributed by atoms with Crippen LogP contribution in [0.25, 0.3) is 0 Å². The second-order valence-electron chi connectivity index (χ2n) is 7.42. The number of aliphatic hydroxyl groups excluding tert-OH is 1. The van der Waals surface area contributed by atoms with Crippen molar-refractivity contribution in [2.45, 2.75) is 44.9 Å². The fourth-order valence-corrected chi connectivity index (χ4v) is 3.62. The molecular weight excluding hydrogens is 374 g/mol. The summed E-state index contributed by atoms with van der Waals surface area (Å²) in [7, 11) is 0. The molecule has 2 atom stereocenters. The van der Waals surface area contributed by atoms with Gasteiger partial charge < -0.3 is 14.6 Å². The third-order valence-electron chi connectivity index (χ3n) is 5.05. The topological polar surface area (TPSA) is 41.9 Å². The first-order chi connectivity index (χ1) is 13.6. The lowest BCUT2D eigenvalue weighted by molar-refractivity contribution is 0.0313. The van der Waals surface area contributed by atoms with Crippen LogP contribution in [0.4, 0.5) is 0 Å². The molecule has 0 aliphatic carbocycles. The van der Waals surface area contributed by atoms with Crippen LogP contribution in [0.2, 0.25) is 5.02 Å². The molecule has 3 rings (SSSR count). The molecule has 1 saturated heterocycles. The average molecular weight is 404 g/mol. The Morgan fingerprint density at radius 1 is 1.14 bits per heavy atom. The SMILES string of the molecule is CCc1ccc(CN(CC(O)COc2ccc(Cl)cc2)CC2CCCO2)cc1. The molecule has 5 heteroatoms. The summed E-state index contributed by atoms with van der Waals surface area (Å²) in [6, 6.07) is 15.9. The summed E-state index contributed by atoms with van der Waals surface area (Å²) in [4.78, 5) is 2.27. The molecule has 4 nitrogen and oxygen atoms in total. The Bertz CT molecular complexity index is 699. The van der Waals surface area contributed by atoms with Gasteiger partial charge in [0.25, 0.3) is 0 Å². The maximum Gasteiger partial charge on any atom is 0.119 e. The third kappa shape index (κ3) is 6.78. The molecule has 1 aliphatic rings. The number of ether oxygens (including phenoxy) is 2. The van der Waals surface area contributed by atoms with E-state index in [2.05, 4.69) is 36.1 Å². The Hall–Kier alpha value is -1.59. The van der Waals surface area contributed by atoms with E-state index in [9.17, 15) is 5.11 Å².